The van der Waals surface area contributed by atoms with E-state index in [0.29, 0.717) is 12.2 Å². The normalized spacial score (nSPS) is 22.4. The lowest BCUT2D eigenvalue weighted by Crippen LogP contribution is -2.53. The molecule has 6 heteroatoms. The number of nitrogens with one attached hydrogen (secondary N) is 1. The van der Waals surface area contributed by atoms with E-state index in [2.05, 4.69) is 27.9 Å². The third-order valence-corrected chi connectivity index (χ3v) is 4.19. The summed E-state index contributed by atoms with van der Waals surface area (Å²) in [5.41, 5.74) is 0.685. The summed E-state index contributed by atoms with van der Waals surface area (Å²) in [6.07, 6.45) is 1.68. The number of halogens is 1. The molecular formula is C14H17IN2O3. The molecule has 20 heavy (non-hydrogen) atoms. The maximum absolute atomic E-state index is 12.3. The molecule has 1 aromatic carbocycles. The highest BCUT2D eigenvalue weighted by Crippen LogP contribution is 2.24. The van der Waals surface area contributed by atoms with Crippen molar-refractivity contribution < 1.29 is 14.7 Å². The summed E-state index contributed by atoms with van der Waals surface area (Å²) in [6, 6.07) is 6.34. The van der Waals surface area contributed by atoms with Gasteiger partial charge in [0.15, 0.2) is 0 Å². The second-order valence-corrected chi connectivity index (χ2v) is 6.28. The van der Waals surface area contributed by atoms with Gasteiger partial charge in [0.1, 0.15) is 6.04 Å². The van der Waals surface area contributed by atoms with Gasteiger partial charge in [0.25, 0.3) is 0 Å². The van der Waals surface area contributed by atoms with Gasteiger partial charge < -0.3 is 15.3 Å². The second-order valence-electron chi connectivity index (χ2n) is 5.04. The molecule has 0 spiro atoms. The Bertz CT molecular complexity index is 521. The van der Waals surface area contributed by atoms with Crippen LogP contribution in [-0.2, 0) is 4.79 Å². The van der Waals surface area contributed by atoms with E-state index in [0.717, 1.165) is 16.4 Å². The molecule has 1 fully saturated rings. The van der Waals surface area contributed by atoms with Crippen molar-refractivity contribution >= 4 is 40.3 Å². The van der Waals surface area contributed by atoms with Crippen molar-refractivity contribution in [2.75, 3.05) is 11.9 Å². The monoisotopic (exact) mass is 388 g/mol. The van der Waals surface area contributed by atoms with Gasteiger partial charge in [-0.1, -0.05) is 13.0 Å². The summed E-state index contributed by atoms with van der Waals surface area (Å²) < 4.78 is 1.02. The first kappa shape index (κ1) is 15.1. The third kappa shape index (κ3) is 3.41. The van der Waals surface area contributed by atoms with E-state index < -0.39 is 12.0 Å². The second kappa shape index (κ2) is 6.43. The van der Waals surface area contributed by atoms with Gasteiger partial charge in [0, 0.05) is 15.8 Å². The molecule has 1 aliphatic rings. The lowest BCUT2D eigenvalue weighted by molar-refractivity contribution is -0.145. The van der Waals surface area contributed by atoms with E-state index in [1.165, 1.54) is 4.90 Å². The number of nitrogens with zero attached hydrogens (tertiary/aromatic N) is 1. The molecule has 2 atom stereocenters. The minimum atomic E-state index is -0.935. The van der Waals surface area contributed by atoms with Crippen LogP contribution in [0, 0.1) is 9.49 Å². The Labute approximate surface area is 131 Å². The van der Waals surface area contributed by atoms with E-state index in [-0.39, 0.29) is 11.9 Å². The minimum absolute atomic E-state index is 0.0251. The van der Waals surface area contributed by atoms with Gasteiger partial charge in [0.05, 0.1) is 0 Å². The zero-order valence-electron chi connectivity index (χ0n) is 11.2. The number of anilines is 1. The summed E-state index contributed by atoms with van der Waals surface area (Å²) in [5, 5.41) is 12.1. The zero-order chi connectivity index (χ0) is 14.7. The Morgan fingerprint density at radius 2 is 2.20 bits per heavy atom. The third-order valence-electron chi connectivity index (χ3n) is 3.52. The van der Waals surface area contributed by atoms with Crippen molar-refractivity contribution in [2.24, 2.45) is 5.92 Å². The molecule has 0 aliphatic carbocycles. The van der Waals surface area contributed by atoms with Crippen LogP contribution < -0.4 is 5.32 Å². The van der Waals surface area contributed by atoms with Gasteiger partial charge in [0.2, 0.25) is 0 Å². The van der Waals surface area contributed by atoms with Crippen molar-refractivity contribution in [3.8, 4) is 0 Å². The van der Waals surface area contributed by atoms with E-state index in [4.69, 9.17) is 0 Å². The molecule has 1 saturated heterocycles. The van der Waals surface area contributed by atoms with Gasteiger partial charge >= 0.3 is 12.0 Å². The molecule has 2 N–H and O–H groups in total. The van der Waals surface area contributed by atoms with Crippen molar-refractivity contribution in [2.45, 2.75) is 25.8 Å². The fourth-order valence-electron chi connectivity index (χ4n) is 2.55. The van der Waals surface area contributed by atoms with Gasteiger partial charge in [-0.25, -0.2) is 9.59 Å². The van der Waals surface area contributed by atoms with Crippen molar-refractivity contribution in [1.82, 2.24) is 4.90 Å². The summed E-state index contributed by atoms with van der Waals surface area (Å²) in [7, 11) is 0. The number of benzene rings is 1. The molecule has 2 amide bonds. The number of likely N-dealkylation sites (tertiary alicyclic amines) is 1. The summed E-state index contributed by atoms with van der Waals surface area (Å²) in [6.45, 7) is 2.36. The zero-order valence-corrected chi connectivity index (χ0v) is 13.3. The fraction of sp³-hybridized carbons (Fsp3) is 0.429. The number of hydrogen-bond acceptors (Lipinski definition) is 2. The highest BCUT2D eigenvalue weighted by molar-refractivity contribution is 14.1. The maximum Gasteiger partial charge on any atom is 0.326 e. The smallest absolute Gasteiger partial charge is 0.326 e. The largest absolute Gasteiger partial charge is 0.480 e. The average molecular weight is 388 g/mol. The Hall–Kier alpha value is -1.31. The lowest BCUT2D eigenvalue weighted by atomic mass is 9.91. The Balaban J connectivity index is 2.12. The van der Waals surface area contributed by atoms with Crippen LogP contribution in [0.1, 0.15) is 19.8 Å². The van der Waals surface area contributed by atoms with Crippen LogP contribution in [0.4, 0.5) is 10.5 Å². The molecule has 2 unspecified atom stereocenters. The Morgan fingerprint density at radius 1 is 1.45 bits per heavy atom. The first-order chi connectivity index (χ1) is 9.49. The van der Waals surface area contributed by atoms with Crippen molar-refractivity contribution in [3.05, 3.63) is 27.8 Å². The molecule has 0 saturated carbocycles. The summed E-state index contributed by atoms with van der Waals surface area (Å²) >= 11 is 2.17. The molecule has 5 nitrogen and oxygen atoms in total. The van der Waals surface area contributed by atoms with Gasteiger partial charge in [-0.2, -0.15) is 0 Å². The average Bonchev–Trinajstić information content (AvgIpc) is 2.37. The van der Waals surface area contributed by atoms with E-state index >= 15 is 0 Å². The van der Waals surface area contributed by atoms with Crippen LogP contribution in [-0.4, -0.2) is 34.6 Å². The number of amides is 2. The molecule has 0 aromatic heterocycles. The van der Waals surface area contributed by atoms with Crippen molar-refractivity contribution in [1.29, 1.82) is 0 Å². The van der Waals surface area contributed by atoms with Gasteiger partial charge in [-0.3, -0.25) is 0 Å². The van der Waals surface area contributed by atoms with E-state index in [1.54, 1.807) is 6.07 Å². The van der Waals surface area contributed by atoms with Crippen LogP contribution in [0.3, 0.4) is 0 Å². The molecule has 1 heterocycles. The fourth-order valence-corrected chi connectivity index (χ4v) is 3.10. The summed E-state index contributed by atoms with van der Waals surface area (Å²) in [5.74, 6) is -0.960. The predicted octanol–water partition coefficient (Wildman–Crippen LogP) is 3.01. The number of carboxylic acid groups (broad SMARTS) is 1. The first-order valence-corrected chi connectivity index (χ1v) is 7.63. The van der Waals surface area contributed by atoms with Crippen LogP contribution in [0.25, 0.3) is 0 Å². The number of aliphatic carboxylic acids is 1. The topological polar surface area (TPSA) is 69.6 Å². The number of carboxylic acids is 1. The number of rotatable bonds is 2. The molecule has 0 bridgehead atoms. The minimum Gasteiger partial charge on any atom is -0.480 e. The van der Waals surface area contributed by atoms with Crippen LogP contribution in [0.5, 0.6) is 0 Å². The molecule has 0 radical (unpaired) electrons. The lowest BCUT2D eigenvalue weighted by Gasteiger charge is -2.37. The predicted molar refractivity (Wildman–Crippen MR) is 84.7 cm³/mol. The van der Waals surface area contributed by atoms with E-state index in [9.17, 15) is 14.7 Å². The quantitative estimate of drug-likeness (QED) is 0.766. The highest BCUT2D eigenvalue weighted by atomic mass is 127. The molecular weight excluding hydrogens is 371 g/mol. The molecule has 1 aromatic rings. The Morgan fingerprint density at radius 3 is 2.85 bits per heavy atom. The number of carbonyl (C=O) groups excluding carboxylic acids is 1. The number of piperidine rings is 1. The van der Waals surface area contributed by atoms with Gasteiger partial charge in [-0.15, -0.1) is 0 Å². The standard InChI is InChI=1S/C14H17IN2O3/c1-9-4-3-7-17(12(9)13(18)19)14(20)16-11-6-2-5-10(15)8-11/h2,5-6,8-9,12H,3-4,7H2,1H3,(H,16,20)(H,18,19). The highest BCUT2D eigenvalue weighted by Gasteiger charge is 2.37. The van der Waals surface area contributed by atoms with Gasteiger partial charge in [-0.05, 0) is 59.5 Å². The van der Waals surface area contributed by atoms with Crippen LogP contribution in [0.15, 0.2) is 24.3 Å². The first-order valence-electron chi connectivity index (χ1n) is 6.55. The van der Waals surface area contributed by atoms with Crippen molar-refractivity contribution in [3.63, 3.8) is 0 Å². The van der Waals surface area contributed by atoms with Crippen LogP contribution in [0.2, 0.25) is 0 Å². The molecule has 1 aliphatic heterocycles. The number of urea groups is 1. The molecule has 2 rings (SSSR count). The Kier molecular flexibility index (Phi) is 4.85. The number of carbonyl (C=O) groups is 2. The molecule has 108 valence electrons. The van der Waals surface area contributed by atoms with E-state index in [1.807, 2.05) is 25.1 Å². The summed E-state index contributed by atoms with van der Waals surface area (Å²) in [4.78, 5) is 25.1. The van der Waals surface area contributed by atoms with Crippen LogP contribution >= 0.6 is 22.6 Å². The SMILES string of the molecule is CC1CCCN(C(=O)Nc2cccc(I)c2)C1C(=O)O. The maximum atomic E-state index is 12.3. The number of hydrogen-bond donors (Lipinski definition) is 2.